The van der Waals surface area contributed by atoms with E-state index in [0.29, 0.717) is 17.9 Å². The lowest BCUT2D eigenvalue weighted by atomic mass is 10.1. The van der Waals surface area contributed by atoms with E-state index in [-0.39, 0.29) is 23.8 Å². The number of benzene rings is 2. The molecular formula is C21H19FN6O2. The number of hydrogen-bond acceptors (Lipinski definition) is 5. The second-order valence-electron chi connectivity index (χ2n) is 7.02. The van der Waals surface area contributed by atoms with Crippen LogP contribution in [0.4, 0.5) is 10.1 Å². The highest BCUT2D eigenvalue weighted by Gasteiger charge is 2.15. The molecule has 0 atom stereocenters. The third-order valence-electron chi connectivity index (χ3n) is 4.93. The van der Waals surface area contributed by atoms with Crippen LogP contribution in [0.3, 0.4) is 0 Å². The Hall–Kier alpha value is -3.88. The van der Waals surface area contributed by atoms with E-state index in [0.717, 1.165) is 16.7 Å². The Morgan fingerprint density at radius 1 is 1.13 bits per heavy atom. The first-order valence-corrected chi connectivity index (χ1v) is 9.31. The standard InChI is InChI=1S/C21H19FN6O2/c1-13-4-3-5-17(14(13)2)24-18(29)11-27-12-23-20-19(21(27)30)25-26-28(20)10-15-6-8-16(22)9-7-15/h3-9,12H,10-11H2,1-2H3,(H,24,29). The maximum absolute atomic E-state index is 13.1. The molecule has 0 radical (unpaired) electrons. The first-order valence-electron chi connectivity index (χ1n) is 9.31. The van der Waals surface area contributed by atoms with Crippen LogP contribution in [-0.4, -0.2) is 30.5 Å². The predicted octanol–water partition coefficient (Wildman–Crippen LogP) is 2.43. The van der Waals surface area contributed by atoms with Gasteiger partial charge in [-0.2, -0.15) is 0 Å². The van der Waals surface area contributed by atoms with Gasteiger partial charge in [0.25, 0.3) is 5.56 Å². The lowest BCUT2D eigenvalue weighted by Gasteiger charge is -2.11. The molecule has 2 aromatic heterocycles. The van der Waals surface area contributed by atoms with Gasteiger partial charge in [-0.3, -0.25) is 14.2 Å². The van der Waals surface area contributed by atoms with Crippen molar-refractivity contribution in [1.29, 1.82) is 0 Å². The molecule has 0 aliphatic heterocycles. The molecule has 0 saturated heterocycles. The summed E-state index contributed by atoms with van der Waals surface area (Å²) in [5.41, 5.74) is 3.44. The van der Waals surface area contributed by atoms with Gasteiger partial charge in [-0.05, 0) is 48.7 Å². The van der Waals surface area contributed by atoms with E-state index in [2.05, 4.69) is 20.6 Å². The number of carbonyl (C=O) groups excluding carboxylic acids is 1. The van der Waals surface area contributed by atoms with Crippen LogP contribution in [0.5, 0.6) is 0 Å². The van der Waals surface area contributed by atoms with Crippen molar-refractivity contribution in [3.8, 4) is 0 Å². The topological polar surface area (TPSA) is 94.7 Å². The van der Waals surface area contributed by atoms with Gasteiger partial charge in [-0.1, -0.05) is 29.5 Å². The summed E-state index contributed by atoms with van der Waals surface area (Å²) in [6, 6.07) is 11.6. The minimum atomic E-state index is -0.457. The van der Waals surface area contributed by atoms with Gasteiger partial charge in [0.2, 0.25) is 5.91 Å². The van der Waals surface area contributed by atoms with E-state index in [4.69, 9.17) is 0 Å². The normalized spacial score (nSPS) is 11.0. The average Bonchev–Trinajstić information content (AvgIpc) is 3.13. The summed E-state index contributed by atoms with van der Waals surface area (Å²) < 4.78 is 15.7. The average molecular weight is 406 g/mol. The Labute approximate surface area is 171 Å². The zero-order valence-corrected chi connectivity index (χ0v) is 16.5. The quantitative estimate of drug-likeness (QED) is 0.549. The fraction of sp³-hybridized carbons (Fsp3) is 0.190. The van der Waals surface area contributed by atoms with Crippen molar-refractivity contribution in [1.82, 2.24) is 24.5 Å². The molecule has 4 rings (SSSR count). The summed E-state index contributed by atoms with van der Waals surface area (Å²) >= 11 is 0. The van der Waals surface area contributed by atoms with Crippen LogP contribution >= 0.6 is 0 Å². The fourth-order valence-corrected chi connectivity index (χ4v) is 3.10. The van der Waals surface area contributed by atoms with Crippen LogP contribution in [-0.2, 0) is 17.9 Å². The second kappa shape index (κ2) is 7.86. The number of anilines is 1. The first kappa shape index (κ1) is 19.4. The fourth-order valence-electron chi connectivity index (χ4n) is 3.10. The number of nitrogens with zero attached hydrogens (tertiary/aromatic N) is 5. The van der Waals surface area contributed by atoms with Crippen LogP contribution in [0.15, 0.2) is 53.6 Å². The molecule has 8 nitrogen and oxygen atoms in total. The SMILES string of the molecule is Cc1cccc(NC(=O)Cn2cnc3c(nnn3Cc3ccc(F)cc3)c2=O)c1C. The van der Waals surface area contributed by atoms with E-state index in [1.165, 1.54) is 27.7 Å². The van der Waals surface area contributed by atoms with Crippen LogP contribution in [0, 0.1) is 19.7 Å². The lowest BCUT2D eigenvalue weighted by molar-refractivity contribution is -0.116. The molecule has 0 aliphatic rings. The van der Waals surface area contributed by atoms with E-state index in [1.54, 1.807) is 12.1 Å². The molecule has 30 heavy (non-hydrogen) atoms. The Bertz CT molecular complexity index is 1290. The van der Waals surface area contributed by atoms with Crippen molar-refractivity contribution in [2.75, 3.05) is 5.32 Å². The highest BCUT2D eigenvalue weighted by Crippen LogP contribution is 2.18. The third-order valence-corrected chi connectivity index (χ3v) is 4.93. The summed E-state index contributed by atoms with van der Waals surface area (Å²) in [5.74, 6) is -0.673. The molecule has 4 aromatic rings. The van der Waals surface area contributed by atoms with E-state index < -0.39 is 5.56 Å². The number of carbonyl (C=O) groups is 1. The Balaban J connectivity index is 1.55. The number of amides is 1. The molecule has 0 unspecified atom stereocenters. The molecule has 152 valence electrons. The largest absolute Gasteiger partial charge is 0.324 e. The number of fused-ring (bicyclic) bond motifs is 1. The summed E-state index contributed by atoms with van der Waals surface area (Å²) in [6.07, 6.45) is 1.30. The summed E-state index contributed by atoms with van der Waals surface area (Å²) in [7, 11) is 0. The predicted molar refractivity (Wildman–Crippen MR) is 110 cm³/mol. The van der Waals surface area contributed by atoms with Crippen molar-refractivity contribution in [3.05, 3.63) is 81.7 Å². The molecule has 1 amide bonds. The molecule has 1 N–H and O–H groups in total. The highest BCUT2D eigenvalue weighted by atomic mass is 19.1. The monoisotopic (exact) mass is 406 g/mol. The van der Waals surface area contributed by atoms with Gasteiger partial charge in [0.1, 0.15) is 18.7 Å². The van der Waals surface area contributed by atoms with Gasteiger partial charge < -0.3 is 5.32 Å². The molecule has 0 bridgehead atoms. The molecule has 0 fully saturated rings. The maximum Gasteiger partial charge on any atom is 0.283 e. The van der Waals surface area contributed by atoms with E-state index in [1.807, 2.05) is 32.0 Å². The van der Waals surface area contributed by atoms with Crippen molar-refractivity contribution in [3.63, 3.8) is 0 Å². The molecule has 2 heterocycles. The second-order valence-corrected chi connectivity index (χ2v) is 7.02. The number of rotatable bonds is 5. The summed E-state index contributed by atoms with van der Waals surface area (Å²) in [6.45, 7) is 3.98. The van der Waals surface area contributed by atoms with Crippen molar-refractivity contribution < 1.29 is 9.18 Å². The van der Waals surface area contributed by atoms with Crippen LogP contribution < -0.4 is 10.9 Å². The summed E-state index contributed by atoms with van der Waals surface area (Å²) in [5, 5.41) is 10.7. The van der Waals surface area contributed by atoms with Gasteiger partial charge in [-0.25, -0.2) is 14.1 Å². The van der Waals surface area contributed by atoms with E-state index in [9.17, 15) is 14.0 Å². The highest BCUT2D eigenvalue weighted by molar-refractivity contribution is 5.91. The lowest BCUT2D eigenvalue weighted by Crippen LogP contribution is -2.28. The Morgan fingerprint density at radius 2 is 1.90 bits per heavy atom. The molecule has 2 aromatic carbocycles. The maximum atomic E-state index is 13.1. The van der Waals surface area contributed by atoms with E-state index >= 15 is 0 Å². The molecule has 9 heteroatoms. The van der Waals surface area contributed by atoms with Crippen LogP contribution in [0.2, 0.25) is 0 Å². The minimum absolute atomic E-state index is 0.0687. The van der Waals surface area contributed by atoms with Crippen molar-refractivity contribution in [2.45, 2.75) is 26.9 Å². The molecule has 0 spiro atoms. The van der Waals surface area contributed by atoms with Crippen LogP contribution in [0.1, 0.15) is 16.7 Å². The molecule has 0 aliphatic carbocycles. The number of hydrogen-bond donors (Lipinski definition) is 1. The van der Waals surface area contributed by atoms with Gasteiger partial charge >= 0.3 is 0 Å². The number of halogens is 1. The van der Waals surface area contributed by atoms with Gasteiger partial charge in [-0.15, -0.1) is 5.10 Å². The first-order chi connectivity index (χ1) is 14.4. The van der Waals surface area contributed by atoms with Crippen LogP contribution in [0.25, 0.3) is 11.2 Å². The van der Waals surface area contributed by atoms with Gasteiger partial charge in [0.05, 0.1) is 6.54 Å². The Morgan fingerprint density at radius 3 is 2.67 bits per heavy atom. The third kappa shape index (κ3) is 3.82. The molecular weight excluding hydrogens is 387 g/mol. The smallest absolute Gasteiger partial charge is 0.283 e. The number of nitrogens with one attached hydrogen (secondary N) is 1. The van der Waals surface area contributed by atoms with Gasteiger partial charge in [0.15, 0.2) is 11.2 Å². The Kier molecular flexibility index (Phi) is 5.09. The van der Waals surface area contributed by atoms with Crippen molar-refractivity contribution >= 4 is 22.8 Å². The number of aromatic nitrogens is 5. The van der Waals surface area contributed by atoms with Crippen molar-refractivity contribution in [2.24, 2.45) is 0 Å². The number of aryl methyl sites for hydroxylation is 1. The summed E-state index contributed by atoms with van der Waals surface area (Å²) in [4.78, 5) is 29.4. The van der Waals surface area contributed by atoms with Gasteiger partial charge in [0, 0.05) is 5.69 Å². The minimum Gasteiger partial charge on any atom is -0.324 e. The zero-order valence-electron chi connectivity index (χ0n) is 16.5. The molecule has 0 saturated carbocycles. The zero-order chi connectivity index (χ0) is 21.3.